The quantitative estimate of drug-likeness (QED) is 0.796. The smallest absolute Gasteiger partial charge is 0.337 e. The third kappa shape index (κ3) is 5.54. The molecule has 1 aromatic rings. The Labute approximate surface area is 120 Å². The summed E-state index contributed by atoms with van der Waals surface area (Å²) in [6.07, 6.45) is 0. The van der Waals surface area contributed by atoms with E-state index in [0.717, 1.165) is 0 Å². The van der Waals surface area contributed by atoms with Crippen LogP contribution in [0.25, 0.3) is 0 Å². The summed E-state index contributed by atoms with van der Waals surface area (Å²) in [6, 6.07) is 6.30. The average molecular weight is 348 g/mol. The fraction of sp³-hybridized carbons (Fsp3) is 0.250. The third-order valence-corrected chi connectivity index (χ3v) is 3.77. The minimum atomic E-state index is -3.47. The summed E-state index contributed by atoms with van der Waals surface area (Å²) < 4.78 is 31.0. The number of hydrogen-bond donors (Lipinski definition) is 1. The zero-order valence-electron chi connectivity index (χ0n) is 10.3. The first-order chi connectivity index (χ1) is 8.84. The molecular formula is C12H14BrNO4S. The maximum absolute atomic E-state index is 11.8. The monoisotopic (exact) mass is 347 g/mol. The van der Waals surface area contributed by atoms with E-state index in [0.29, 0.717) is 15.6 Å². The highest BCUT2D eigenvalue weighted by Gasteiger charge is 2.13. The molecule has 7 heteroatoms. The number of rotatable bonds is 6. The standard InChI is InChI=1S/C12H14BrNO4S/c1-9(13)7-14-19(16,17)8-10-4-3-5-11(6-10)12(15)18-2/h3-6,14H,1,7-8H2,2H3. The van der Waals surface area contributed by atoms with Crippen molar-refractivity contribution < 1.29 is 17.9 Å². The van der Waals surface area contributed by atoms with Crippen molar-refractivity contribution in [2.75, 3.05) is 13.7 Å². The molecule has 0 unspecified atom stereocenters. The number of nitrogens with one attached hydrogen (secondary N) is 1. The Morgan fingerprint density at radius 3 is 2.74 bits per heavy atom. The van der Waals surface area contributed by atoms with Crippen LogP contribution in [0, 0.1) is 0 Å². The van der Waals surface area contributed by atoms with Gasteiger partial charge in [-0.05, 0) is 17.7 Å². The van der Waals surface area contributed by atoms with Gasteiger partial charge in [0, 0.05) is 11.0 Å². The van der Waals surface area contributed by atoms with E-state index < -0.39 is 16.0 Å². The summed E-state index contributed by atoms with van der Waals surface area (Å²) in [5.74, 6) is -0.709. The first kappa shape index (κ1) is 15.9. The van der Waals surface area contributed by atoms with Gasteiger partial charge in [-0.25, -0.2) is 17.9 Å². The van der Waals surface area contributed by atoms with Crippen LogP contribution in [0.5, 0.6) is 0 Å². The highest BCUT2D eigenvalue weighted by molar-refractivity contribution is 9.11. The molecule has 0 amide bonds. The molecule has 0 saturated heterocycles. The fourth-order valence-corrected chi connectivity index (χ4v) is 2.81. The predicted molar refractivity (Wildman–Crippen MR) is 76.5 cm³/mol. The number of hydrogen-bond acceptors (Lipinski definition) is 4. The van der Waals surface area contributed by atoms with Gasteiger partial charge in [-0.15, -0.1) is 0 Å². The SMILES string of the molecule is C=C(Br)CNS(=O)(=O)Cc1cccc(C(=O)OC)c1. The normalized spacial score (nSPS) is 11.1. The van der Waals surface area contributed by atoms with Crippen LogP contribution in [0.1, 0.15) is 15.9 Å². The van der Waals surface area contributed by atoms with Crippen molar-refractivity contribution in [3.63, 3.8) is 0 Å². The highest BCUT2D eigenvalue weighted by atomic mass is 79.9. The molecule has 0 saturated carbocycles. The van der Waals surface area contributed by atoms with E-state index in [9.17, 15) is 13.2 Å². The van der Waals surface area contributed by atoms with E-state index in [1.165, 1.54) is 13.2 Å². The molecule has 0 bridgehead atoms. The second-order valence-electron chi connectivity index (χ2n) is 3.79. The molecule has 0 radical (unpaired) electrons. The van der Waals surface area contributed by atoms with Gasteiger partial charge in [-0.2, -0.15) is 0 Å². The fourth-order valence-electron chi connectivity index (χ4n) is 1.36. The molecule has 0 aliphatic rings. The minimum absolute atomic E-state index is 0.124. The topological polar surface area (TPSA) is 72.5 Å². The van der Waals surface area contributed by atoms with Crippen LogP contribution in [0.2, 0.25) is 0 Å². The number of methoxy groups -OCH3 is 1. The van der Waals surface area contributed by atoms with Crippen LogP contribution in [0.15, 0.2) is 35.3 Å². The molecule has 0 heterocycles. The van der Waals surface area contributed by atoms with E-state index in [1.54, 1.807) is 18.2 Å². The van der Waals surface area contributed by atoms with Gasteiger partial charge in [0.25, 0.3) is 0 Å². The van der Waals surface area contributed by atoms with Crippen molar-refractivity contribution in [2.24, 2.45) is 0 Å². The molecule has 0 atom stereocenters. The van der Waals surface area contributed by atoms with E-state index in [4.69, 9.17) is 0 Å². The van der Waals surface area contributed by atoms with Crippen molar-refractivity contribution in [3.05, 3.63) is 46.5 Å². The maximum atomic E-state index is 11.8. The molecule has 0 aliphatic carbocycles. The Kier molecular flexibility index (Phi) is 5.71. The second-order valence-corrected chi connectivity index (χ2v) is 6.72. The molecule has 1 aromatic carbocycles. The number of carbonyl (C=O) groups excluding carboxylic acids is 1. The van der Waals surface area contributed by atoms with Crippen LogP contribution in [-0.2, 0) is 20.5 Å². The zero-order valence-corrected chi connectivity index (χ0v) is 12.8. The molecule has 0 aromatic heterocycles. The van der Waals surface area contributed by atoms with E-state index in [1.807, 2.05) is 0 Å². The minimum Gasteiger partial charge on any atom is -0.465 e. The molecule has 104 valence electrons. The molecule has 19 heavy (non-hydrogen) atoms. The van der Waals surface area contributed by atoms with Crippen LogP contribution in [-0.4, -0.2) is 28.0 Å². The highest BCUT2D eigenvalue weighted by Crippen LogP contribution is 2.10. The summed E-state index contributed by atoms with van der Waals surface area (Å²) >= 11 is 3.07. The van der Waals surface area contributed by atoms with E-state index in [2.05, 4.69) is 32.0 Å². The molecule has 0 fully saturated rings. The lowest BCUT2D eigenvalue weighted by Crippen LogP contribution is -2.26. The number of esters is 1. The lowest BCUT2D eigenvalue weighted by atomic mass is 10.1. The molecule has 0 aliphatic heterocycles. The van der Waals surface area contributed by atoms with Crippen molar-refractivity contribution in [1.82, 2.24) is 4.72 Å². The lowest BCUT2D eigenvalue weighted by Gasteiger charge is -2.07. The average Bonchev–Trinajstić information content (AvgIpc) is 2.35. The summed E-state index contributed by atoms with van der Waals surface area (Å²) in [6.45, 7) is 3.67. The second kappa shape index (κ2) is 6.83. The maximum Gasteiger partial charge on any atom is 0.337 e. The Bertz CT molecular complexity index is 583. The number of ether oxygens (including phenoxy) is 1. The largest absolute Gasteiger partial charge is 0.465 e. The number of sulfonamides is 1. The Morgan fingerprint density at radius 2 is 2.16 bits per heavy atom. The Morgan fingerprint density at radius 1 is 1.47 bits per heavy atom. The predicted octanol–water partition coefficient (Wildman–Crippen LogP) is 1.80. The van der Waals surface area contributed by atoms with Crippen LogP contribution < -0.4 is 4.72 Å². The Hall–Kier alpha value is -1.18. The summed E-state index contributed by atoms with van der Waals surface area (Å²) in [5.41, 5.74) is 0.829. The van der Waals surface area contributed by atoms with Crippen molar-refractivity contribution >= 4 is 31.9 Å². The van der Waals surface area contributed by atoms with Gasteiger partial charge in [0.05, 0.1) is 18.4 Å². The summed E-state index contributed by atoms with van der Waals surface area (Å²) in [7, 11) is -2.20. The van der Waals surface area contributed by atoms with Gasteiger partial charge in [0.15, 0.2) is 0 Å². The van der Waals surface area contributed by atoms with E-state index in [-0.39, 0.29) is 12.3 Å². The van der Waals surface area contributed by atoms with Crippen LogP contribution >= 0.6 is 15.9 Å². The summed E-state index contributed by atoms with van der Waals surface area (Å²) in [5, 5.41) is 0. The number of benzene rings is 1. The van der Waals surface area contributed by atoms with Gasteiger partial charge in [0.2, 0.25) is 10.0 Å². The molecular weight excluding hydrogens is 334 g/mol. The zero-order chi connectivity index (χ0) is 14.5. The van der Waals surface area contributed by atoms with E-state index >= 15 is 0 Å². The van der Waals surface area contributed by atoms with Crippen molar-refractivity contribution in [1.29, 1.82) is 0 Å². The van der Waals surface area contributed by atoms with Gasteiger partial charge in [-0.1, -0.05) is 34.6 Å². The third-order valence-electron chi connectivity index (χ3n) is 2.19. The number of halogens is 1. The van der Waals surface area contributed by atoms with Crippen molar-refractivity contribution in [3.8, 4) is 0 Å². The lowest BCUT2D eigenvalue weighted by molar-refractivity contribution is 0.0600. The van der Waals surface area contributed by atoms with Gasteiger partial charge < -0.3 is 4.74 Å². The first-order valence-electron chi connectivity index (χ1n) is 5.32. The van der Waals surface area contributed by atoms with Crippen LogP contribution in [0.4, 0.5) is 0 Å². The molecule has 1 N–H and O–H groups in total. The molecule has 5 nitrogen and oxygen atoms in total. The summed E-state index contributed by atoms with van der Waals surface area (Å²) in [4.78, 5) is 11.3. The first-order valence-corrected chi connectivity index (χ1v) is 7.76. The Balaban J connectivity index is 2.82. The van der Waals surface area contributed by atoms with Crippen LogP contribution in [0.3, 0.4) is 0 Å². The number of carbonyl (C=O) groups is 1. The van der Waals surface area contributed by atoms with Crippen molar-refractivity contribution in [2.45, 2.75) is 5.75 Å². The molecule has 1 rings (SSSR count). The van der Waals surface area contributed by atoms with Gasteiger partial charge >= 0.3 is 5.97 Å². The van der Waals surface area contributed by atoms with Gasteiger partial charge in [-0.3, -0.25) is 0 Å². The molecule has 0 spiro atoms. The van der Waals surface area contributed by atoms with Gasteiger partial charge in [0.1, 0.15) is 0 Å².